The third-order valence-corrected chi connectivity index (χ3v) is 5.79. The molecule has 0 radical (unpaired) electrons. The minimum atomic E-state index is -0.925. The highest BCUT2D eigenvalue weighted by atomic mass is 19.1. The molecule has 0 saturated heterocycles. The minimum absolute atomic E-state index is 0.0566. The molecule has 6 nitrogen and oxygen atoms in total. The van der Waals surface area contributed by atoms with Crippen LogP contribution in [0.1, 0.15) is 52.1 Å². The van der Waals surface area contributed by atoms with Crippen molar-refractivity contribution in [1.29, 1.82) is 0 Å². The second-order valence-electron chi connectivity index (χ2n) is 9.10. The first-order chi connectivity index (χ1) is 12.4. The summed E-state index contributed by atoms with van der Waals surface area (Å²) >= 11 is 0. The van der Waals surface area contributed by atoms with E-state index in [4.69, 9.17) is 5.73 Å². The van der Waals surface area contributed by atoms with E-state index >= 15 is 0 Å². The van der Waals surface area contributed by atoms with E-state index in [2.05, 4.69) is 24.2 Å². The Morgan fingerprint density at radius 3 is 2.56 bits per heavy atom. The van der Waals surface area contributed by atoms with Gasteiger partial charge in [0.1, 0.15) is 5.82 Å². The lowest BCUT2D eigenvalue weighted by Crippen LogP contribution is -2.52. The standard InChI is InChI=1S/C20H29FN4O2/c1-19(2)9-14(15(26)10-19)23-11-6-7-13(21)12(8-11)16-20(3,4)17(27)25(5)18(22)24-16/h6-8,14-16,23,26H,9-10H2,1-5H3,(H2,22,24). The van der Waals surface area contributed by atoms with Crippen molar-refractivity contribution < 1.29 is 14.3 Å². The van der Waals surface area contributed by atoms with Crippen molar-refractivity contribution in [3.8, 4) is 0 Å². The number of benzene rings is 1. The van der Waals surface area contributed by atoms with Crippen LogP contribution in [0.15, 0.2) is 23.2 Å². The number of aliphatic imine (C=N–C) groups is 1. The molecule has 0 spiro atoms. The summed E-state index contributed by atoms with van der Waals surface area (Å²) in [6, 6.07) is 3.88. The number of hydrogen-bond acceptors (Lipinski definition) is 5. The third kappa shape index (κ3) is 3.52. The molecule has 1 saturated carbocycles. The maximum absolute atomic E-state index is 14.6. The number of nitrogens with one attached hydrogen (secondary N) is 1. The van der Waals surface area contributed by atoms with E-state index in [1.165, 1.54) is 11.0 Å². The molecule has 1 aromatic rings. The zero-order chi connectivity index (χ0) is 20.1. The van der Waals surface area contributed by atoms with Crippen LogP contribution < -0.4 is 11.1 Å². The molecule has 4 N–H and O–H groups in total. The number of halogens is 1. The first-order valence-corrected chi connectivity index (χ1v) is 9.28. The van der Waals surface area contributed by atoms with Crippen molar-refractivity contribution in [2.75, 3.05) is 12.4 Å². The number of guanidine groups is 1. The number of rotatable bonds is 3. The van der Waals surface area contributed by atoms with Crippen LogP contribution in [-0.2, 0) is 4.79 Å². The Bertz CT molecular complexity index is 790. The van der Waals surface area contributed by atoms with Crippen LogP contribution >= 0.6 is 0 Å². The van der Waals surface area contributed by atoms with Gasteiger partial charge >= 0.3 is 0 Å². The quantitative estimate of drug-likeness (QED) is 0.756. The summed E-state index contributed by atoms with van der Waals surface area (Å²) in [4.78, 5) is 18.3. The van der Waals surface area contributed by atoms with E-state index in [0.29, 0.717) is 11.3 Å². The predicted molar refractivity (Wildman–Crippen MR) is 104 cm³/mol. The van der Waals surface area contributed by atoms with Crippen molar-refractivity contribution in [2.45, 2.75) is 58.7 Å². The van der Waals surface area contributed by atoms with Gasteiger partial charge in [0.05, 0.1) is 23.6 Å². The first kappa shape index (κ1) is 19.6. The van der Waals surface area contributed by atoms with Crippen LogP contribution in [0.5, 0.6) is 0 Å². The lowest BCUT2D eigenvalue weighted by Gasteiger charge is -2.38. The Hall–Kier alpha value is -2.15. The van der Waals surface area contributed by atoms with Gasteiger partial charge in [-0.05, 0) is 50.3 Å². The van der Waals surface area contributed by atoms with E-state index in [9.17, 15) is 14.3 Å². The molecule has 1 aliphatic heterocycles. The van der Waals surface area contributed by atoms with Crippen LogP contribution in [-0.4, -0.2) is 41.1 Å². The molecule has 3 rings (SSSR count). The van der Waals surface area contributed by atoms with Crippen LogP contribution in [0.3, 0.4) is 0 Å². The smallest absolute Gasteiger partial charge is 0.237 e. The fourth-order valence-corrected chi connectivity index (χ4v) is 4.22. The number of nitrogens with zero attached hydrogens (tertiary/aromatic N) is 2. The van der Waals surface area contributed by atoms with Crippen molar-refractivity contribution in [3.05, 3.63) is 29.6 Å². The Morgan fingerprint density at radius 1 is 1.30 bits per heavy atom. The summed E-state index contributed by atoms with van der Waals surface area (Å²) in [6.45, 7) is 7.74. The molecule has 148 valence electrons. The van der Waals surface area contributed by atoms with Crippen molar-refractivity contribution in [1.82, 2.24) is 4.90 Å². The molecule has 1 fully saturated rings. The second kappa shape index (κ2) is 6.48. The normalized spacial score (nSPS) is 29.6. The molecule has 2 aliphatic rings. The van der Waals surface area contributed by atoms with Crippen LogP contribution in [0.4, 0.5) is 10.1 Å². The summed E-state index contributed by atoms with van der Waals surface area (Å²) < 4.78 is 14.6. The van der Waals surface area contributed by atoms with Gasteiger partial charge in [-0.3, -0.25) is 9.69 Å². The number of aliphatic hydroxyl groups excluding tert-OH is 1. The molecule has 1 aromatic carbocycles. The zero-order valence-corrected chi connectivity index (χ0v) is 16.6. The second-order valence-corrected chi connectivity index (χ2v) is 9.10. The number of carbonyl (C=O) groups excluding carboxylic acids is 1. The van der Waals surface area contributed by atoms with Crippen molar-refractivity contribution in [3.63, 3.8) is 0 Å². The van der Waals surface area contributed by atoms with E-state index < -0.39 is 23.4 Å². The summed E-state index contributed by atoms with van der Waals surface area (Å²) in [5.41, 5.74) is 6.02. The van der Waals surface area contributed by atoms with E-state index in [1.54, 1.807) is 33.0 Å². The number of nitrogens with two attached hydrogens (primary N) is 1. The van der Waals surface area contributed by atoms with Crippen molar-refractivity contribution in [2.24, 2.45) is 21.6 Å². The summed E-state index contributed by atoms with van der Waals surface area (Å²) in [7, 11) is 1.57. The van der Waals surface area contributed by atoms with E-state index in [0.717, 1.165) is 12.8 Å². The highest BCUT2D eigenvalue weighted by molar-refractivity contribution is 6.01. The molecule has 27 heavy (non-hydrogen) atoms. The number of hydrogen-bond donors (Lipinski definition) is 3. The molecular formula is C20H29FN4O2. The molecule has 1 aliphatic carbocycles. The fourth-order valence-electron chi connectivity index (χ4n) is 4.22. The number of carbonyl (C=O) groups is 1. The lowest BCUT2D eigenvalue weighted by atomic mass is 9.78. The van der Waals surface area contributed by atoms with Gasteiger partial charge in [0, 0.05) is 18.3 Å². The predicted octanol–water partition coefficient (Wildman–Crippen LogP) is 2.64. The van der Waals surface area contributed by atoms with E-state index in [-0.39, 0.29) is 23.3 Å². The van der Waals surface area contributed by atoms with Crippen LogP contribution in [0.2, 0.25) is 0 Å². The zero-order valence-electron chi connectivity index (χ0n) is 16.6. The Morgan fingerprint density at radius 2 is 1.96 bits per heavy atom. The van der Waals surface area contributed by atoms with Gasteiger partial charge in [-0.25, -0.2) is 9.38 Å². The molecule has 1 amide bonds. The van der Waals surface area contributed by atoms with E-state index in [1.807, 2.05) is 0 Å². The summed E-state index contributed by atoms with van der Waals surface area (Å²) in [5, 5.41) is 13.6. The van der Waals surface area contributed by atoms with Crippen LogP contribution in [0, 0.1) is 16.6 Å². The maximum atomic E-state index is 14.6. The summed E-state index contributed by atoms with van der Waals surface area (Å²) in [6.07, 6.45) is 1.09. The van der Waals surface area contributed by atoms with Gasteiger partial charge in [0.2, 0.25) is 5.91 Å². The largest absolute Gasteiger partial charge is 0.391 e. The molecule has 3 unspecified atom stereocenters. The van der Waals surface area contributed by atoms with Gasteiger partial charge in [-0.1, -0.05) is 13.8 Å². The SMILES string of the molecule is CN1C(=O)C(C)(C)C(c2cc(NC3CC(C)(C)CC3O)ccc2F)N=C1N. The highest BCUT2D eigenvalue weighted by Gasteiger charge is 2.45. The number of amides is 1. The van der Waals surface area contributed by atoms with Crippen LogP contribution in [0.25, 0.3) is 0 Å². The molecule has 0 aromatic heterocycles. The molecule has 3 atom stereocenters. The average molecular weight is 376 g/mol. The number of anilines is 1. The third-order valence-electron chi connectivity index (χ3n) is 5.79. The Kier molecular flexibility index (Phi) is 4.70. The lowest BCUT2D eigenvalue weighted by molar-refractivity contribution is -0.137. The Labute approximate surface area is 159 Å². The first-order valence-electron chi connectivity index (χ1n) is 9.28. The van der Waals surface area contributed by atoms with Gasteiger partial charge in [0.25, 0.3) is 0 Å². The fraction of sp³-hybridized carbons (Fsp3) is 0.600. The van der Waals surface area contributed by atoms with Gasteiger partial charge in [0.15, 0.2) is 5.96 Å². The maximum Gasteiger partial charge on any atom is 0.237 e. The molecule has 7 heteroatoms. The van der Waals surface area contributed by atoms with Gasteiger partial charge in [-0.2, -0.15) is 0 Å². The van der Waals surface area contributed by atoms with Crippen molar-refractivity contribution >= 4 is 17.6 Å². The molecular weight excluding hydrogens is 347 g/mol. The topological polar surface area (TPSA) is 91.0 Å². The average Bonchev–Trinajstić information content (AvgIpc) is 2.83. The monoisotopic (exact) mass is 376 g/mol. The molecule has 0 bridgehead atoms. The minimum Gasteiger partial charge on any atom is -0.391 e. The number of aliphatic hydroxyl groups is 1. The molecule has 1 heterocycles. The van der Waals surface area contributed by atoms with Gasteiger partial charge in [-0.15, -0.1) is 0 Å². The highest BCUT2D eigenvalue weighted by Crippen LogP contribution is 2.43. The Balaban J connectivity index is 1.93. The van der Waals surface area contributed by atoms with Gasteiger partial charge < -0.3 is 16.2 Å². The summed E-state index contributed by atoms with van der Waals surface area (Å²) in [5.74, 6) is -0.555.